The summed E-state index contributed by atoms with van der Waals surface area (Å²) in [6.45, 7) is 9.40. The fourth-order valence-electron chi connectivity index (χ4n) is 1.13. The largest absolute Gasteiger partial charge is 0.378 e. The highest BCUT2D eigenvalue weighted by atomic mass is 19.1. The summed E-state index contributed by atoms with van der Waals surface area (Å²) in [5.74, 6) is 0. The first-order valence-corrected chi connectivity index (χ1v) is 6.72. The van der Waals surface area contributed by atoms with E-state index in [1.165, 1.54) is 0 Å². The normalized spacial score (nSPS) is 12.3. The number of alkyl halides is 1. The number of nitrogens with one attached hydrogen (secondary N) is 2. The van der Waals surface area contributed by atoms with Crippen molar-refractivity contribution in [3.63, 3.8) is 0 Å². The van der Waals surface area contributed by atoms with Gasteiger partial charge in [-0.3, -0.25) is 4.79 Å². The van der Waals surface area contributed by atoms with Gasteiger partial charge in [-0.15, -0.1) is 0 Å². The van der Waals surface area contributed by atoms with Crippen molar-refractivity contribution in [3.05, 3.63) is 0 Å². The molecule has 0 bridgehead atoms. The Morgan fingerprint density at radius 1 is 1.26 bits per heavy atom. The van der Waals surface area contributed by atoms with Gasteiger partial charge < -0.3 is 20.1 Å². The van der Waals surface area contributed by atoms with Crippen LogP contribution in [0.1, 0.15) is 27.7 Å². The Bertz CT molecular complexity index is 204. The summed E-state index contributed by atoms with van der Waals surface area (Å²) in [6.07, 6.45) is -0.770. The lowest BCUT2D eigenvalue weighted by Gasteiger charge is -2.28. The van der Waals surface area contributed by atoms with Crippen LogP contribution in [-0.4, -0.2) is 58.1 Å². The first-order chi connectivity index (χ1) is 9.04. The second-order valence-electron chi connectivity index (χ2n) is 4.16. The second-order valence-corrected chi connectivity index (χ2v) is 4.16. The van der Waals surface area contributed by atoms with Crippen molar-refractivity contribution in [2.45, 2.75) is 39.5 Å². The lowest BCUT2D eigenvalue weighted by molar-refractivity contribution is -0.111. The minimum absolute atomic E-state index is 0.0445. The average molecular weight is 280 g/mol. The third kappa shape index (κ3) is 12.1. The van der Waals surface area contributed by atoms with Gasteiger partial charge in [-0.25, -0.2) is 4.39 Å². The highest BCUT2D eigenvalue weighted by molar-refractivity contribution is 5.45. The Morgan fingerprint density at radius 2 is 1.89 bits per heavy atom. The maximum atomic E-state index is 13.6. The van der Waals surface area contributed by atoms with Gasteiger partial charge in [0.2, 0.25) is 6.41 Å². The van der Waals surface area contributed by atoms with E-state index < -0.39 is 11.8 Å². The molecule has 0 heterocycles. The predicted octanol–water partition coefficient (Wildman–Crippen LogP) is 1.13. The van der Waals surface area contributed by atoms with Crippen molar-refractivity contribution in [2.75, 3.05) is 40.0 Å². The van der Waals surface area contributed by atoms with Crippen molar-refractivity contribution in [3.8, 4) is 0 Å². The molecule has 0 rings (SSSR count). The van der Waals surface area contributed by atoms with Gasteiger partial charge in [0, 0.05) is 6.54 Å². The molecule has 2 N–H and O–H groups in total. The standard InChI is InChI=1S/C11H23FN2O3.C2H6/c1-11(2,10(12)8-14-9-15)17-7-6-16-5-4-13-3;1-2/h9-10,13H,4-8H2,1-3H3,(H,14,15);1-2H3. The molecule has 0 saturated heterocycles. The molecule has 0 fully saturated rings. The molecule has 5 nitrogen and oxygen atoms in total. The van der Waals surface area contributed by atoms with Gasteiger partial charge in [0.25, 0.3) is 0 Å². The fraction of sp³-hybridized carbons (Fsp3) is 0.923. The van der Waals surface area contributed by atoms with Crippen molar-refractivity contribution < 1.29 is 18.7 Å². The maximum Gasteiger partial charge on any atom is 0.207 e. The van der Waals surface area contributed by atoms with Gasteiger partial charge in [-0.1, -0.05) is 13.8 Å². The first kappa shape index (κ1) is 20.6. The first-order valence-electron chi connectivity index (χ1n) is 6.72. The number of hydrogen-bond acceptors (Lipinski definition) is 4. The summed E-state index contributed by atoms with van der Waals surface area (Å²) < 4.78 is 24.2. The van der Waals surface area contributed by atoms with Crippen LogP contribution in [-0.2, 0) is 14.3 Å². The number of hydrogen-bond donors (Lipinski definition) is 2. The average Bonchev–Trinajstić information content (AvgIpc) is 2.42. The topological polar surface area (TPSA) is 59.6 Å². The lowest BCUT2D eigenvalue weighted by Crippen LogP contribution is -2.43. The zero-order valence-electron chi connectivity index (χ0n) is 12.8. The van der Waals surface area contributed by atoms with Crippen LogP contribution in [0, 0.1) is 0 Å². The van der Waals surface area contributed by atoms with Crippen molar-refractivity contribution in [1.82, 2.24) is 10.6 Å². The lowest BCUT2D eigenvalue weighted by atomic mass is 10.0. The summed E-state index contributed by atoms with van der Waals surface area (Å²) in [6, 6.07) is 0. The quantitative estimate of drug-likeness (QED) is 0.440. The molecule has 19 heavy (non-hydrogen) atoms. The number of ether oxygens (including phenoxy) is 2. The number of halogens is 1. The van der Waals surface area contributed by atoms with Crippen LogP contribution in [0.3, 0.4) is 0 Å². The van der Waals surface area contributed by atoms with Crippen LogP contribution in [0.2, 0.25) is 0 Å². The number of rotatable bonds is 11. The van der Waals surface area contributed by atoms with Crippen LogP contribution < -0.4 is 10.6 Å². The zero-order chi connectivity index (χ0) is 15.1. The zero-order valence-corrected chi connectivity index (χ0v) is 12.8. The van der Waals surface area contributed by atoms with E-state index in [1.54, 1.807) is 13.8 Å². The molecule has 1 amide bonds. The summed E-state index contributed by atoms with van der Waals surface area (Å²) in [7, 11) is 1.84. The Hall–Kier alpha value is -0.720. The fourth-order valence-corrected chi connectivity index (χ4v) is 1.13. The smallest absolute Gasteiger partial charge is 0.207 e. The predicted molar refractivity (Wildman–Crippen MR) is 75.1 cm³/mol. The van der Waals surface area contributed by atoms with Crippen LogP contribution >= 0.6 is 0 Å². The van der Waals surface area contributed by atoms with Gasteiger partial charge in [0.15, 0.2) is 0 Å². The van der Waals surface area contributed by atoms with Crippen molar-refractivity contribution >= 4 is 6.41 Å². The summed E-state index contributed by atoms with van der Waals surface area (Å²) in [5.41, 5.74) is -0.928. The number of carbonyl (C=O) groups excluding carboxylic acids is 1. The third-order valence-corrected chi connectivity index (χ3v) is 2.33. The molecule has 0 aliphatic carbocycles. The van der Waals surface area contributed by atoms with Crippen LogP contribution in [0.5, 0.6) is 0 Å². The highest BCUT2D eigenvalue weighted by Crippen LogP contribution is 2.17. The Balaban J connectivity index is 0. The van der Waals surface area contributed by atoms with E-state index in [9.17, 15) is 9.18 Å². The Morgan fingerprint density at radius 3 is 2.42 bits per heavy atom. The van der Waals surface area contributed by atoms with E-state index in [1.807, 2.05) is 20.9 Å². The van der Waals surface area contributed by atoms with E-state index >= 15 is 0 Å². The van der Waals surface area contributed by atoms with Gasteiger partial charge in [-0.05, 0) is 20.9 Å². The van der Waals surface area contributed by atoms with E-state index in [4.69, 9.17) is 9.47 Å². The van der Waals surface area contributed by atoms with E-state index in [-0.39, 0.29) is 6.54 Å². The monoisotopic (exact) mass is 280 g/mol. The summed E-state index contributed by atoms with van der Waals surface area (Å²) in [5, 5.41) is 5.25. The van der Waals surface area contributed by atoms with E-state index in [2.05, 4.69) is 10.6 Å². The molecular weight excluding hydrogens is 251 g/mol. The highest BCUT2D eigenvalue weighted by Gasteiger charge is 2.30. The van der Waals surface area contributed by atoms with Gasteiger partial charge in [-0.2, -0.15) is 0 Å². The maximum absolute atomic E-state index is 13.6. The Kier molecular flexibility index (Phi) is 14.9. The SMILES string of the molecule is CC.CNCCOCCOC(C)(C)C(F)CNC=O. The third-order valence-electron chi connectivity index (χ3n) is 2.33. The summed E-state index contributed by atoms with van der Waals surface area (Å²) >= 11 is 0. The van der Waals surface area contributed by atoms with Gasteiger partial charge in [0.1, 0.15) is 6.17 Å². The molecular formula is C13H29FN2O3. The van der Waals surface area contributed by atoms with E-state index in [0.717, 1.165) is 6.54 Å². The summed E-state index contributed by atoms with van der Waals surface area (Å²) in [4.78, 5) is 10.1. The van der Waals surface area contributed by atoms with Gasteiger partial charge in [0.05, 0.1) is 32.0 Å². The number of likely N-dealkylation sites (N-methyl/N-ethyl adjacent to an activating group) is 1. The molecule has 0 aromatic heterocycles. The van der Waals surface area contributed by atoms with Crippen molar-refractivity contribution in [1.29, 1.82) is 0 Å². The molecule has 116 valence electrons. The molecule has 0 aromatic carbocycles. The molecule has 6 heteroatoms. The molecule has 0 aromatic rings. The molecule has 0 radical (unpaired) electrons. The molecule has 0 aliphatic rings. The molecule has 1 atom stereocenters. The van der Waals surface area contributed by atoms with Gasteiger partial charge >= 0.3 is 0 Å². The van der Waals surface area contributed by atoms with Crippen LogP contribution in [0.4, 0.5) is 4.39 Å². The van der Waals surface area contributed by atoms with Crippen molar-refractivity contribution in [2.24, 2.45) is 0 Å². The number of carbonyl (C=O) groups is 1. The number of amides is 1. The second kappa shape index (κ2) is 13.7. The minimum atomic E-state index is -1.25. The van der Waals surface area contributed by atoms with E-state index in [0.29, 0.717) is 26.2 Å². The van der Waals surface area contributed by atoms with Crippen LogP contribution in [0.15, 0.2) is 0 Å². The molecule has 1 unspecified atom stereocenters. The van der Waals surface area contributed by atoms with Crippen LogP contribution in [0.25, 0.3) is 0 Å². The Labute approximate surface area is 116 Å². The molecule has 0 saturated carbocycles. The molecule has 0 spiro atoms. The molecule has 0 aliphatic heterocycles. The minimum Gasteiger partial charge on any atom is -0.378 e.